The molecule has 2 aromatic rings. The molecule has 1 aliphatic heterocycles. The van der Waals surface area contributed by atoms with Gasteiger partial charge in [-0.05, 0) is 56.0 Å². The van der Waals surface area contributed by atoms with Crippen molar-refractivity contribution in [3.8, 4) is 6.07 Å². The van der Waals surface area contributed by atoms with E-state index in [0.29, 0.717) is 17.8 Å². The van der Waals surface area contributed by atoms with Crippen LogP contribution in [0.5, 0.6) is 0 Å². The Morgan fingerprint density at radius 3 is 2.87 bits per heavy atom. The van der Waals surface area contributed by atoms with Gasteiger partial charge in [0, 0.05) is 37.6 Å². The van der Waals surface area contributed by atoms with Crippen molar-refractivity contribution in [2.24, 2.45) is 5.73 Å². The van der Waals surface area contributed by atoms with Crippen molar-refractivity contribution in [1.82, 2.24) is 0 Å². The molecule has 4 rings (SSSR count). The number of halogens is 1. The van der Waals surface area contributed by atoms with Crippen LogP contribution in [0.25, 0.3) is 0 Å². The number of thiophene rings is 1. The number of nitriles is 1. The molecule has 0 radical (unpaired) electrons. The second-order valence-corrected chi connectivity index (χ2v) is 9.82. The summed E-state index contributed by atoms with van der Waals surface area (Å²) in [5, 5.41) is 10.1. The molecule has 0 fully saturated rings. The normalized spacial score (nSPS) is 19.2. The number of hydrogen-bond donors (Lipinski definition) is 1. The number of unbranched alkanes of at least 4 members (excludes halogenated alkanes) is 1. The van der Waals surface area contributed by atoms with Crippen LogP contribution in [0.2, 0.25) is 0 Å². The van der Waals surface area contributed by atoms with Crippen molar-refractivity contribution >= 4 is 38.7 Å². The number of rotatable bonds is 5. The number of carbonyl (C=O) groups excluding carboxylic acids is 1. The van der Waals surface area contributed by atoms with Crippen molar-refractivity contribution in [1.29, 1.82) is 5.26 Å². The summed E-state index contributed by atoms with van der Waals surface area (Å²) < 4.78 is 0.927. The highest BCUT2D eigenvalue weighted by Gasteiger charge is 2.40. The first-order valence-corrected chi connectivity index (χ1v) is 12.0. The Morgan fingerprint density at radius 1 is 1.30 bits per heavy atom. The van der Waals surface area contributed by atoms with Gasteiger partial charge in [-0.1, -0.05) is 35.3 Å². The lowest BCUT2D eigenvalue weighted by atomic mass is 9.78. The Balaban J connectivity index is 1.87. The van der Waals surface area contributed by atoms with Gasteiger partial charge in [0.15, 0.2) is 5.78 Å². The zero-order chi connectivity index (χ0) is 21.3. The lowest BCUT2D eigenvalue weighted by molar-refractivity contribution is -0.116. The third-order valence-corrected chi connectivity index (χ3v) is 7.43. The average molecular weight is 482 g/mol. The maximum atomic E-state index is 13.1. The summed E-state index contributed by atoms with van der Waals surface area (Å²) in [5.74, 6) is 0.198. The van der Waals surface area contributed by atoms with E-state index in [1.165, 1.54) is 4.88 Å². The van der Waals surface area contributed by atoms with Gasteiger partial charge in [0.05, 0.1) is 17.6 Å². The molecular formula is C24H24BrN3OS. The predicted octanol–water partition coefficient (Wildman–Crippen LogP) is 6.16. The fraction of sp³-hybridized carbons (Fsp3) is 0.333. The van der Waals surface area contributed by atoms with E-state index in [0.717, 1.165) is 58.4 Å². The largest absolute Gasteiger partial charge is 0.384 e. The fourth-order valence-electron chi connectivity index (χ4n) is 4.32. The number of anilines is 1. The molecule has 0 saturated heterocycles. The molecule has 154 valence electrons. The molecule has 0 spiro atoms. The topological polar surface area (TPSA) is 70.1 Å². The van der Waals surface area contributed by atoms with Crippen LogP contribution in [0.4, 0.5) is 5.69 Å². The van der Waals surface area contributed by atoms with Gasteiger partial charge in [0.25, 0.3) is 0 Å². The fourth-order valence-corrected chi connectivity index (χ4v) is 5.88. The van der Waals surface area contributed by atoms with Crippen LogP contribution in [0, 0.1) is 11.3 Å². The number of nitrogens with zero attached hydrogens (tertiary/aromatic N) is 2. The van der Waals surface area contributed by atoms with Crippen LogP contribution in [0.15, 0.2) is 63.5 Å². The Hall–Kier alpha value is -2.36. The maximum absolute atomic E-state index is 13.1. The summed E-state index contributed by atoms with van der Waals surface area (Å²) in [6.07, 6.45) is 5.40. The van der Waals surface area contributed by atoms with E-state index in [2.05, 4.69) is 41.1 Å². The van der Waals surface area contributed by atoms with Crippen LogP contribution in [0.3, 0.4) is 0 Å². The Kier molecular flexibility index (Phi) is 6.12. The van der Waals surface area contributed by atoms with E-state index in [-0.39, 0.29) is 11.7 Å². The quantitative estimate of drug-likeness (QED) is 0.554. The Bertz CT molecular complexity index is 1090. The summed E-state index contributed by atoms with van der Waals surface area (Å²) in [5.41, 5.74) is 9.63. The number of aryl methyl sites for hydroxylation is 1. The molecule has 1 atom stereocenters. The van der Waals surface area contributed by atoms with Gasteiger partial charge in [-0.15, -0.1) is 11.3 Å². The zero-order valence-electron chi connectivity index (χ0n) is 17.0. The molecule has 2 N–H and O–H groups in total. The second-order valence-electron chi connectivity index (χ2n) is 7.70. The number of hydrogen-bond acceptors (Lipinski definition) is 5. The highest BCUT2D eigenvalue weighted by Crippen LogP contribution is 2.47. The van der Waals surface area contributed by atoms with Gasteiger partial charge in [0.1, 0.15) is 5.82 Å². The standard InChI is InChI=1S/C24H24BrN3OS/c1-2-3-8-17-11-12-21(30-17)22-18(14-26)24(27)28(16-7-4-6-15(25)13-16)19-9-5-10-20(29)23(19)22/h4,6-7,11-13,22H,2-3,5,8-10,27H2,1H3. The molecule has 0 saturated carbocycles. The van der Waals surface area contributed by atoms with Gasteiger partial charge in [-0.25, -0.2) is 0 Å². The lowest BCUT2D eigenvalue weighted by Gasteiger charge is -2.39. The monoisotopic (exact) mass is 481 g/mol. The van der Waals surface area contributed by atoms with Crippen molar-refractivity contribution in [3.63, 3.8) is 0 Å². The number of allylic oxidation sites excluding steroid dienone is 3. The van der Waals surface area contributed by atoms with Gasteiger partial charge < -0.3 is 5.73 Å². The number of nitrogens with two attached hydrogens (primary N) is 1. The van der Waals surface area contributed by atoms with Gasteiger partial charge in [0.2, 0.25) is 0 Å². The third-order valence-electron chi connectivity index (χ3n) is 5.72. The molecule has 4 nitrogen and oxygen atoms in total. The lowest BCUT2D eigenvalue weighted by Crippen LogP contribution is -2.38. The van der Waals surface area contributed by atoms with E-state index in [4.69, 9.17) is 5.73 Å². The minimum Gasteiger partial charge on any atom is -0.384 e. The SMILES string of the molecule is CCCCc1ccc(C2C(C#N)=C(N)N(c3cccc(Br)c3)C3=C2C(=O)CCC3)s1. The molecule has 30 heavy (non-hydrogen) atoms. The molecular weight excluding hydrogens is 458 g/mol. The predicted molar refractivity (Wildman–Crippen MR) is 125 cm³/mol. The number of Topliss-reactive ketones (excluding diaryl/α,β-unsaturated/α-hetero) is 1. The number of benzene rings is 1. The zero-order valence-corrected chi connectivity index (χ0v) is 19.4. The first kappa shape index (κ1) is 20.9. The maximum Gasteiger partial charge on any atom is 0.161 e. The summed E-state index contributed by atoms with van der Waals surface area (Å²) in [7, 11) is 0. The molecule has 0 bridgehead atoms. The molecule has 0 amide bonds. The second kappa shape index (κ2) is 8.79. The van der Waals surface area contributed by atoms with Crippen LogP contribution in [0.1, 0.15) is 54.7 Å². The number of ketones is 1. The first-order chi connectivity index (χ1) is 14.5. The highest BCUT2D eigenvalue weighted by atomic mass is 79.9. The van der Waals surface area contributed by atoms with Crippen molar-refractivity contribution in [2.45, 2.75) is 51.4 Å². The van der Waals surface area contributed by atoms with E-state index in [1.807, 2.05) is 29.2 Å². The smallest absolute Gasteiger partial charge is 0.161 e. The van der Waals surface area contributed by atoms with Gasteiger partial charge in [-0.2, -0.15) is 5.26 Å². The Morgan fingerprint density at radius 2 is 2.13 bits per heavy atom. The summed E-state index contributed by atoms with van der Waals surface area (Å²) in [6, 6.07) is 14.4. The summed E-state index contributed by atoms with van der Waals surface area (Å²) >= 11 is 5.23. The van der Waals surface area contributed by atoms with Gasteiger partial charge >= 0.3 is 0 Å². The molecule has 2 heterocycles. The summed E-state index contributed by atoms with van der Waals surface area (Å²) in [4.78, 5) is 17.4. The van der Waals surface area contributed by atoms with E-state index in [1.54, 1.807) is 11.3 Å². The molecule has 2 aliphatic rings. The van der Waals surface area contributed by atoms with Gasteiger partial charge in [-0.3, -0.25) is 9.69 Å². The van der Waals surface area contributed by atoms with Crippen LogP contribution >= 0.6 is 27.3 Å². The Labute approximate surface area is 189 Å². The van der Waals surface area contributed by atoms with E-state index >= 15 is 0 Å². The third kappa shape index (κ3) is 3.73. The van der Waals surface area contributed by atoms with Crippen molar-refractivity contribution in [3.05, 3.63) is 73.3 Å². The molecule has 1 aliphatic carbocycles. The first-order valence-electron chi connectivity index (χ1n) is 10.4. The average Bonchev–Trinajstić information content (AvgIpc) is 3.20. The van der Waals surface area contributed by atoms with Crippen LogP contribution in [-0.4, -0.2) is 5.78 Å². The minimum atomic E-state index is -0.360. The minimum absolute atomic E-state index is 0.130. The van der Waals surface area contributed by atoms with Crippen LogP contribution < -0.4 is 10.6 Å². The highest BCUT2D eigenvalue weighted by molar-refractivity contribution is 9.10. The van der Waals surface area contributed by atoms with Crippen LogP contribution in [-0.2, 0) is 11.2 Å². The van der Waals surface area contributed by atoms with E-state index < -0.39 is 0 Å². The van der Waals surface area contributed by atoms with E-state index in [9.17, 15) is 10.1 Å². The summed E-state index contributed by atoms with van der Waals surface area (Å²) in [6.45, 7) is 2.18. The van der Waals surface area contributed by atoms with Crippen molar-refractivity contribution < 1.29 is 4.79 Å². The molecule has 1 unspecified atom stereocenters. The molecule has 6 heteroatoms. The molecule has 1 aromatic heterocycles. The number of carbonyl (C=O) groups is 1. The van der Waals surface area contributed by atoms with Crippen molar-refractivity contribution in [2.75, 3.05) is 4.90 Å². The molecule has 1 aromatic carbocycles.